The third kappa shape index (κ3) is 37.8. The molecule has 0 aliphatic carbocycles. The molecule has 0 saturated carbocycles. The van der Waals surface area contributed by atoms with Gasteiger partial charge in [-0.05, 0) is 25.7 Å². The van der Waals surface area contributed by atoms with E-state index in [0.29, 0.717) is 19.3 Å². The van der Waals surface area contributed by atoms with Crippen LogP contribution in [0.3, 0.4) is 0 Å². The number of esters is 1. The van der Waals surface area contributed by atoms with E-state index in [1.54, 1.807) is 0 Å². The average molecular weight is 766 g/mol. The Labute approximate surface area is 336 Å². The van der Waals surface area contributed by atoms with E-state index in [2.05, 4.69) is 26.1 Å². The molecule has 3 N–H and O–H groups in total. The summed E-state index contributed by atoms with van der Waals surface area (Å²) in [5.41, 5.74) is 0. The Bertz CT molecular complexity index is 776. The third-order valence-electron chi connectivity index (χ3n) is 11.4. The molecule has 6 heteroatoms. The first-order valence-electron chi connectivity index (χ1n) is 24.3. The van der Waals surface area contributed by atoms with Crippen molar-refractivity contribution in [3.8, 4) is 0 Å². The minimum Gasteiger partial charge on any atom is -0.462 e. The molecule has 0 spiro atoms. The number of carbonyl (C=O) groups is 2. The van der Waals surface area contributed by atoms with E-state index in [9.17, 15) is 19.8 Å². The molecule has 3 unspecified atom stereocenters. The van der Waals surface area contributed by atoms with Crippen molar-refractivity contribution < 1.29 is 24.5 Å². The molecule has 0 radical (unpaired) electrons. The molecular formula is C48H95NO5. The van der Waals surface area contributed by atoms with E-state index in [4.69, 9.17) is 4.74 Å². The summed E-state index contributed by atoms with van der Waals surface area (Å²) in [5.74, 6) is -0.457. The van der Waals surface area contributed by atoms with Crippen molar-refractivity contribution in [1.29, 1.82) is 0 Å². The van der Waals surface area contributed by atoms with E-state index < -0.39 is 18.2 Å². The molecule has 0 heterocycles. The molecule has 0 bridgehead atoms. The van der Waals surface area contributed by atoms with Crippen LogP contribution in [-0.4, -0.2) is 46.9 Å². The number of aliphatic hydroxyl groups is 2. The first kappa shape index (κ1) is 52.9. The van der Waals surface area contributed by atoms with E-state index in [1.807, 2.05) is 0 Å². The lowest BCUT2D eigenvalue weighted by Gasteiger charge is -2.24. The van der Waals surface area contributed by atoms with Gasteiger partial charge in [0.25, 0.3) is 0 Å². The highest BCUT2D eigenvalue weighted by atomic mass is 16.5. The van der Waals surface area contributed by atoms with Crippen molar-refractivity contribution in [3.05, 3.63) is 0 Å². The molecule has 54 heavy (non-hydrogen) atoms. The lowest BCUT2D eigenvalue weighted by atomic mass is 10.0. The molecule has 0 aromatic carbocycles. The fraction of sp³-hybridized carbons (Fsp3) is 0.958. The van der Waals surface area contributed by atoms with Crippen LogP contribution in [0.2, 0.25) is 0 Å². The lowest BCUT2D eigenvalue weighted by Crippen LogP contribution is -2.46. The zero-order valence-corrected chi connectivity index (χ0v) is 36.6. The molecule has 0 rings (SSSR count). The van der Waals surface area contributed by atoms with Crippen LogP contribution in [0.15, 0.2) is 0 Å². The highest BCUT2D eigenvalue weighted by Crippen LogP contribution is 2.18. The fourth-order valence-corrected chi connectivity index (χ4v) is 7.73. The molecule has 0 aromatic rings. The van der Waals surface area contributed by atoms with Crippen molar-refractivity contribution in [1.82, 2.24) is 5.32 Å². The second-order valence-electron chi connectivity index (χ2n) is 16.9. The number of carbonyl (C=O) groups excluding carboxylic acids is 2. The summed E-state index contributed by atoms with van der Waals surface area (Å²) in [4.78, 5) is 26.0. The van der Waals surface area contributed by atoms with Gasteiger partial charge >= 0.3 is 5.97 Å². The summed E-state index contributed by atoms with van der Waals surface area (Å²) in [6.45, 7) is 6.48. The number of aliphatic hydroxyl groups excluding tert-OH is 2. The standard InChI is InChI=1S/C48H95NO5/c1-4-7-10-13-16-19-21-23-24-26-29-32-35-38-41-48(53)54-44(39-36-33-30-27-18-15-12-9-6-3)42-47(52)49-45(43-50)46(51)40-37-34-31-28-25-22-20-17-14-11-8-5-2/h44-46,50-51H,4-43H2,1-3H3,(H,49,52). The van der Waals surface area contributed by atoms with Crippen molar-refractivity contribution in [2.45, 2.75) is 289 Å². The largest absolute Gasteiger partial charge is 0.462 e. The SMILES string of the molecule is CCCCCCCCCCCCCCCCC(=O)OC(CCCCCCCCCCC)CC(=O)NC(CO)C(O)CCCCCCCCCCCCCC. The Kier molecular flexibility index (Phi) is 42.1. The van der Waals surface area contributed by atoms with Crippen molar-refractivity contribution in [3.63, 3.8) is 0 Å². The smallest absolute Gasteiger partial charge is 0.306 e. The van der Waals surface area contributed by atoms with Gasteiger partial charge in [-0.15, -0.1) is 0 Å². The molecule has 1 amide bonds. The van der Waals surface area contributed by atoms with Crippen molar-refractivity contribution >= 4 is 11.9 Å². The number of nitrogens with one attached hydrogen (secondary N) is 1. The van der Waals surface area contributed by atoms with Crippen LogP contribution in [0.4, 0.5) is 0 Å². The van der Waals surface area contributed by atoms with Crippen molar-refractivity contribution in [2.24, 2.45) is 0 Å². The van der Waals surface area contributed by atoms with Crippen LogP contribution in [0.25, 0.3) is 0 Å². The van der Waals surface area contributed by atoms with Crippen LogP contribution in [0, 0.1) is 0 Å². The summed E-state index contributed by atoms with van der Waals surface area (Å²) in [6.07, 6.45) is 44.5. The van der Waals surface area contributed by atoms with E-state index in [-0.39, 0.29) is 24.9 Å². The van der Waals surface area contributed by atoms with Gasteiger partial charge in [0.1, 0.15) is 6.10 Å². The Hall–Kier alpha value is -1.14. The molecule has 6 nitrogen and oxygen atoms in total. The van der Waals surface area contributed by atoms with Gasteiger partial charge in [-0.1, -0.05) is 233 Å². The van der Waals surface area contributed by atoms with Gasteiger partial charge in [-0.2, -0.15) is 0 Å². The third-order valence-corrected chi connectivity index (χ3v) is 11.4. The summed E-state index contributed by atoms with van der Waals surface area (Å²) < 4.78 is 5.91. The number of rotatable bonds is 44. The Morgan fingerprint density at radius 3 is 1.13 bits per heavy atom. The van der Waals surface area contributed by atoms with Gasteiger partial charge in [0.05, 0.1) is 25.2 Å². The quantitative estimate of drug-likeness (QED) is 0.0424. The molecule has 0 aliphatic heterocycles. The van der Waals surface area contributed by atoms with E-state index in [1.165, 1.54) is 186 Å². The zero-order chi connectivity index (χ0) is 39.6. The predicted molar refractivity (Wildman–Crippen MR) is 232 cm³/mol. The van der Waals surface area contributed by atoms with Gasteiger partial charge in [0.2, 0.25) is 5.91 Å². The molecule has 0 aromatic heterocycles. The Morgan fingerprint density at radius 1 is 0.463 bits per heavy atom. The molecule has 3 atom stereocenters. The Morgan fingerprint density at radius 2 is 0.778 bits per heavy atom. The van der Waals surface area contributed by atoms with Crippen LogP contribution >= 0.6 is 0 Å². The second-order valence-corrected chi connectivity index (χ2v) is 16.9. The van der Waals surface area contributed by atoms with Gasteiger partial charge < -0.3 is 20.3 Å². The summed E-state index contributed by atoms with van der Waals surface area (Å²) >= 11 is 0. The van der Waals surface area contributed by atoms with Gasteiger partial charge in [-0.25, -0.2) is 0 Å². The van der Waals surface area contributed by atoms with E-state index >= 15 is 0 Å². The zero-order valence-electron chi connectivity index (χ0n) is 36.6. The monoisotopic (exact) mass is 766 g/mol. The van der Waals surface area contributed by atoms with Gasteiger partial charge in [-0.3, -0.25) is 9.59 Å². The maximum atomic E-state index is 13.1. The summed E-state index contributed by atoms with van der Waals surface area (Å²) in [6, 6.07) is -0.690. The first-order valence-corrected chi connectivity index (χ1v) is 24.3. The predicted octanol–water partition coefficient (Wildman–Crippen LogP) is 14.0. The van der Waals surface area contributed by atoms with Crippen LogP contribution in [0.1, 0.15) is 271 Å². The summed E-state index contributed by atoms with van der Waals surface area (Å²) in [5, 5.41) is 23.7. The van der Waals surface area contributed by atoms with E-state index in [0.717, 1.165) is 38.5 Å². The van der Waals surface area contributed by atoms with Crippen LogP contribution in [-0.2, 0) is 14.3 Å². The topological polar surface area (TPSA) is 95.9 Å². The molecular weight excluding hydrogens is 671 g/mol. The molecule has 0 fully saturated rings. The summed E-state index contributed by atoms with van der Waals surface area (Å²) in [7, 11) is 0. The number of amides is 1. The number of unbranched alkanes of at least 4 members (excludes halogenated alkanes) is 32. The maximum absolute atomic E-state index is 13.1. The number of hydrogen-bond acceptors (Lipinski definition) is 5. The molecule has 0 aliphatic rings. The van der Waals surface area contributed by atoms with Gasteiger partial charge in [0.15, 0.2) is 0 Å². The maximum Gasteiger partial charge on any atom is 0.306 e. The fourth-order valence-electron chi connectivity index (χ4n) is 7.73. The van der Waals surface area contributed by atoms with Crippen molar-refractivity contribution in [2.75, 3.05) is 6.61 Å². The normalized spacial score (nSPS) is 13.2. The number of ether oxygens (including phenoxy) is 1. The first-order chi connectivity index (χ1) is 26.5. The minimum absolute atomic E-state index is 0.0866. The second kappa shape index (κ2) is 43.0. The average Bonchev–Trinajstić information content (AvgIpc) is 3.16. The highest BCUT2D eigenvalue weighted by molar-refractivity contribution is 5.77. The minimum atomic E-state index is -0.777. The van der Waals surface area contributed by atoms with Gasteiger partial charge in [0, 0.05) is 6.42 Å². The highest BCUT2D eigenvalue weighted by Gasteiger charge is 2.24. The Balaban J connectivity index is 4.45. The lowest BCUT2D eigenvalue weighted by molar-refractivity contribution is -0.151. The molecule has 322 valence electrons. The van der Waals surface area contributed by atoms with Crippen LogP contribution < -0.4 is 5.32 Å². The van der Waals surface area contributed by atoms with Crippen LogP contribution in [0.5, 0.6) is 0 Å². The molecule has 0 saturated heterocycles. The number of hydrogen-bond donors (Lipinski definition) is 3.